The van der Waals surface area contributed by atoms with Crippen molar-refractivity contribution in [2.45, 2.75) is 12.1 Å². The second-order valence-electron chi connectivity index (χ2n) is 7.59. The van der Waals surface area contributed by atoms with Gasteiger partial charge in [-0.15, -0.1) is 0 Å². The zero-order valence-electron chi connectivity index (χ0n) is 17.7. The Labute approximate surface area is 185 Å². The lowest BCUT2D eigenvalue weighted by Crippen LogP contribution is -2.37. The summed E-state index contributed by atoms with van der Waals surface area (Å²) in [7, 11) is 3.12. The molecule has 2 amide bonds. The largest absolute Gasteiger partial charge is 0.493 e. The smallest absolute Gasteiger partial charge is 0.266 e. The molecule has 2 fully saturated rings. The lowest BCUT2D eigenvalue weighted by Gasteiger charge is -2.30. The number of rotatable bonds is 5. The topological polar surface area (TPSA) is 68.3 Å². The predicted molar refractivity (Wildman–Crippen MR) is 119 cm³/mol. The highest BCUT2D eigenvalue weighted by molar-refractivity contribution is 6.23. The van der Waals surface area contributed by atoms with Crippen molar-refractivity contribution < 1.29 is 23.9 Å². The summed E-state index contributed by atoms with van der Waals surface area (Å²) in [6, 6.07) is 23.3. The summed E-state index contributed by atoms with van der Waals surface area (Å²) in [6.45, 7) is 0. The summed E-state index contributed by atoms with van der Waals surface area (Å²) >= 11 is 0. The van der Waals surface area contributed by atoms with Crippen molar-refractivity contribution in [3.05, 3.63) is 84.4 Å². The summed E-state index contributed by atoms with van der Waals surface area (Å²) < 4.78 is 11.1. The third-order valence-corrected chi connectivity index (χ3v) is 5.89. The minimum atomic E-state index is -0.941. The number of anilines is 2. The van der Waals surface area contributed by atoms with Crippen LogP contribution in [0.2, 0.25) is 0 Å². The molecule has 2 aliphatic rings. The van der Waals surface area contributed by atoms with Gasteiger partial charge in [-0.25, -0.2) is 9.96 Å². The number of benzene rings is 3. The van der Waals surface area contributed by atoms with Crippen LogP contribution in [-0.2, 0) is 14.4 Å². The van der Waals surface area contributed by atoms with Crippen molar-refractivity contribution in [2.24, 2.45) is 5.92 Å². The number of hydrogen-bond acceptors (Lipinski definition) is 6. The number of ether oxygens (including phenoxy) is 2. The highest BCUT2D eigenvalue weighted by atomic mass is 16.7. The van der Waals surface area contributed by atoms with E-state index in [1.807, 2.05) is 48.5 Å². The van der Waals surface area contributed by atoms with Crippen molar-refractivity contribution in [3.8, 4) is 11.5 Å². The third-order valence-electron chi connectivity index (χ3n) is 5.89. The van der Waals surface area contributed by atoms with Crippen LogP contribution in [-0.4, -0.2) is 32.1 Å². The number of amides is 2. The Morgan fingerprint density at radius 1 is 0.750 bits per heavy atom. The quantitative estimate of drug-likeness (QED) is 0.575. The van der Waals surface area contributed by atoms with Gasteiger partial charge < -0.3 is 9.47 Å². The zero-order valence-corrected chi connectivity index (χ0v) is 17.7. The van der Waals surface area contributed by atoms with Crippen molar-refractivity contribution in [3.63, 3.8) is 0 Å². The summed E-state index contributed by atoms with van der Waals surface area (Å²) in [4.78, 5) is 34.4. The molecule has 0 spiro atoms. The van der Waals surface area contributed by atoms with E-state index in [9.17, 15) is 9.59 Å². The molecule has 0 radical (unpaired) electrons. The average Bonchev–Trinajstić information content (AvgIpc) is 3.35. The Bertz CT molecular complexity index is 1150. The molecule has 5 rings (SSSR count). The summed E-state index contributed by atoms with van der Waals surface area (Å²) in [5.74, 6) is -0.387. The number of para-hydroxylation sites is 3. The van der Waals surface area contributed by atoms with Crippen molar-refractivity contribution in [1.82, 2.24) is 0 Å². The maximum atomic E-state index is 13.6. The summed E-state index contributed by atoms with van der Waals surface area (Å²) in [5, 5.41) is 1.64. The Hall–Kier alpha value is -3.84. The molecular formula is C25H22N2O5. The first-order chi connectivity index (χ1) is 15.7. The number of hydroxylamine groups is 1. The van der Waals surface area contributed by atoms with Gasteiger partial charge in [0.1, 0.15) is 12.0 Å². The highest BCUT2D eigenvalue weighted by Crippen LogP contribution is 2.50. The molecule has 3 unspecified atom stereocenters. The first-order valence-corrected chi connectivity index (χ1v) is 10.3. The second-order valence-corrected chi connectivity index (χ2v) is 7.59. The van der Waals surface area contributed by atoms with Gasteiger partial charge in [-0.2, -0.15) is 0 Å². The van der Waals surface area contributed by atoms with Crippen LogP contribution in [0, 0.1) is 5.92 Å². The van der Waals surface area contributed by atoms with Crippen molar-refractivity contribution >= 4 is 23.2 Å². The first-order valence-electron chi connectivity index (χ1n) is 10.3. The van der Waals surface area contributed by atoms with Gasteiger partial charge in [0.2, 0.25) is 5.91 Å². The molecule has 7 nitrogen and oxygen atoms in total. The van der Waals surface area contributed by atoms with Gasteiger partial charge in [0.05, 0.1) is 25.6 Å². The van der Waals surface area contributed by atoms with Crippen molar-refractivity contribution in [1.29, 1.82) is 0 Å². The van der Waals surface area contributed by atoms with Crippen LogP contribution in [0.4, 0.5) is 11.4 Å². The van der Waals surface area contributed by atoms with E-state index in [2.05, 4.69) is 0 Å². The molecule has 0 bridgehead atoms. The Balaban J connectivity index is 1.65. The number of hydrogen-bond donors (Lipinski definition) is 0. The van der Waals surface area contributed by atoms with E-state index < -0.39 is 18.1 Å². The fraction of sp³-hybridized carbons (Fsp3) is 0.200. The van der Waals surface area contributed by atoms with Gasteiger partial charge in [-0.05, 0) is 30.3 Å². The molecule has 2 aliphatic heterocycles. The molecule has 0 aliphatic carbocycles. The lowest BCUT2D eigenvalue weighted by molar-refractivity contribution is -0.126. The van der Waals surface area contributed by atoms with E-state index in [1.165, 1.54) is 4.90 Å². The maximum Gasteiger partial charge on any atom is 0.266 e. The summed E-state index contributed by atoms with van der Waals surface area (Å²) in [5.41, 5.74) is 1.98. The van der Waals surface area contributed by atoms with E-state index in [0.29, 0.717) is 22.7 Å². The van der Waals surface area contributed by atoms with Gasteiger partial charge in [0, 0.05) is 5.56 Å². The molecule has 2 heterocycles. The van der Waals surface area contributed by atoms with Gasteiger partial charge >= 0.3 is 0 Å². The molecule has 3 atom stereocenters. The van der Waals surface area contributed by atoms with Crippen LogP contribution in [0.25, 0.3) is 0 Å². The average molecular weight is 430 g/mol. The normalized spacial score (nSPS) is 22.2. The molecule has 0 saturated carbocycles. The van der Waals surface area contributed by atoms with Crippen LogP contribution >= 0.6 is 0 Å². The van der Waals surface area contributed by atoms with Crippen LogP contribution < -0.4 is 19.4 Å². The van der Waals surface area contributed by atoms with Gasteiger partial charge in [0.25, 0.3) is 5.91 Å². The van der Waals surface area contributed by atoms with E-state index >= 15 is 0 Å². The molecule has 3 aromatic carbocycles. The van der Waals surface area contributed by atoms with Gasteiger partial charge in [-0.3, -0.25) is 14.4 Å². The molecule has 0 aromatic heterocycles. The highest BCUT2D eigenvalue weighted by Gasteiger charge is 2.60. The number of carbonyl (C=O) groups is 2. The fourth-order valence-electron chi connectivity index (χ4n) is 4.51. The number of fused-ring (bicyclic) bond motifs is 1. The number of nitrogens with zero attached hydrogens (tertiary/aromatic N) is 2. The van der Waals surface area contributed by atoms with Crippen LogP contribution in [0.15, 0.2) is 78.9 Å². The van der Waals surface area contributed by atoms with Crippen molar-refractivity contribution in [2.75, 3.05) is 24.2 Å². The van der Waals surface area contributed by atoms with Gasteiger partial charge in [-0.1, -0.05) is 48.5 Å². The van der Waals surface area contributed by atoms with E-state index in [0.717, 1.165) is 5.69 Å². The van der Waals surface area contributed by atoms with Gasteiger partial charge in [0.15, 0.2) is 17.6 Å². The summed E-state index contributed by atoms with van der Waals surface area (Å²) in [6.07, 6.45) is -0.941. The molecular weight excluding hydrogens is 408 g/mol. The number of imide groups is 1. The molecule has 0 N–H and O–H groups in total. The Morgan fingerprint density at radius 3 is 2.03 bits per heavy atom. The molecule has 2 saturated heterocycles. The molecule has 32 heavy (non-hydrogen) atoms. The van der Waals surface area contributed by atoms with E-state index in [1.54, 1.807) is 49.6 Å². The fourth-order valence-corrected chi connectivity index (χ4v) is 4.51. The maximum absolute atomic E-state index is 13.6. The van der Waals surface area contributed by atoms with E-state index in [4.69, 9.17) is 14.3 Å². The van der Waals surface area contributed by atoms with Crippen LogP contribution in [0.3, 0.4) is 0 Å². The lowest BCUT2D eigenvalue weighted by atomic mass is 9.89. The molecule has 162 valence electrons. The number of carbonyl (C=O) groups excluding carboxylic acids is 2. The van der Waals surface area contributed by atoms with E-state index in [-0.39, 0.29) is 11.8 Å². The third kappa shape index (κ3) is 3.01. The van der Waals surface area contributed by atoms with Crippen LogP contribution in [0.5, 0.6) is 11.5 Å². The monoisotopic (exact) mass is 430 g/mol. The predicted octanol–water partition coefficient (Wildman–Crippen LogP) is 3.75. The molecule has 7 heteroatoms. The van der Waals surface area contributed by atoms with Crippen LogP contribution in [0.1, 0.15) is 11.6 Å². The standard InChI is InChI=1S/C25H22N2O5/c1-30-19-15-9-14-18(22(19)31-2)21-20-23(32-27(21)17-12-7-4-8-13-17)25(29)26(24(20)28)16-10-5-3-6-11-16/h3-15,20-21,23H,1-2H3. The Kier molecular flexibility index (Phi) is 5.03. The number of methoxy groups -OCH3 is 2. The SMILES string of the molecule is COc1cccc(C2C3C(=O)N(c4ccccc4)C(=O)C3ON2c2ccccc2)c1OC. The Morgan fingerprint density at radius 2 is 1.41 bits per heavy atom. The zero-order chi connectivity index (χ0) is 22.2. The second kappa shape index (κ2) is 8.01. The first kappa shape index (κ1) is 20.1. The minimum absolute atomic E-state index is 0.306. The minimum Gasteiger partial charge on any atom is -0.493 e. The molecule has 3 aromatic rings.